The van der Waals surface area contributed by atoms with Crippen molar-refractivity contribution in [3.05, 3.63) is 0 Å². The average molecular weight is 387 g/mol. The molecule has 0 spiro atoms. The Labute approximate surface area is 163 Å². The van der Waals surface area contributed by atoms with E-state index < -0.39 is 6.04 Å². The SMILES string of the molecule is COC(=O)CCCCCNC(=O)[C@H](CCCCN)NC(=O)CCCCCN. The molecule has 8 nitrogen and oxygen atoms in total. The Balaban J connectivity index is 4.17. The summed E-state index contributed by atoms with van der Waals surface area (Å²) >= 11 is 0. The van der Waals surface area contributed by atoms with E-state index in [1.165, 1.54) is 7.11 Å². The lowest BCUT2D eigenvalue weighted by Gasteiger charge is -2.18. The second kappa shape index (κ2) is 17.7. The van der Waals surface area contributed by atoms with Crippen LogP contribution in [0.3, 0.4) is 0 Å². The number of nitrogens with one attached hydrogen (secondary N) is 2. The number of unbranched alkanes of at least 4 members (excludes halogenated alkanes) is 5. The number of rotatable bonds is 17. The first-order chi connectivity index (χ1) is 13.0. The Bertz CT molecular complexity index is 419. The fourth-order valence-electron chi connectivity index (χ4n) is 2.64. The molecule has 27 heavy (non-hydrogen) atoms. The van der Waals surface area contributed by atoms with Crippen molar-refractivity contribution in [3.8, 4) is 0 Å². The van der Waals surface area contributed by atoms with Crippen molar-refractivity contribution in [2.24, 2.45) is 11.5 Å². The number of hydrogen-bond donors (Lipinski definition) is 4. The number of ether oxygens (including phenoxy) is 1. The first-order valence-corrected chi connectivity index (χ1v) is 10.1. The summed E-state index contributed by atoms with van der Waals surface area (Å²) in [4.78, 5) is 35.5. The number of hydrogen-bond acceptors (Lipinski definition) is 6. The van der Waals surface area contributed by atoms with Gasteiger partial charge in [-0.25, -0.2) is 0 Å². The van der Waals surface area contributed by atoms with Gasteiger partial charge in [0.15, 0.2) is 0 Å². The summed E-state index contributed by atoms with van der Waals surface area (Å²) in [7, 11) is 1.37. The highest BCUT2D eigenvalue weighted by Crippen LogP contribution is 2.05. The van der Waals surface area contributed by atoms with E-state index in [-0.39, 0.29) is 17.8 Å². The van der Waals surface area contributed by atoms with E-state index in [2.05, 4.69) is 15.4 Å². The fraction of sp³-hybridized carbons (Fsp3) is 0.842. The predicted molar refractivity (Wildman–Crippen MR) is 106 cm³/mol. The van der Waals surface area contributed by atoms with Gasteiger partial charge >= 0.3 is 5.97 Å². The van der Waals surface area contributed by atoms with Gasteiger partial charge in [0, 0.05) is 19.4 Å². The Kier molecular flexibility index (Phi) is 16.6. The third-order valence-corrected chi connectivity index (χ3v) is 4.29. The van der Waals surface area contributed by atoms with Crippen molar-refractivity contribution >= 4 is 17.8 Å². The van der Waals surface area contributed by atoms with E-state index in [0.29, 0.717) is 38.9 Å². The van der Waals surface area contributed by atoms with E-state index in [0.717, 1.165) is 51.4 Å². The van der Waals surface area contributed by atoms with Crippen molar-refractivity contribution in [1.82, 2.24) is 10.6 Å². The van der Waals surface area contributed by atoms with Crippen molar-refractivity contribution < 1.29 is 19.1 Å². The molecule has 0 heterocycles. The topological polar surface area (TPSA) is 137 Å². The number of esters is 1. The molecule has 158 valence electrons. The van der Waals surface area contributed by atoms with Crippen LogP contribution in [0.5, 0.6) is 0 Å². The van der Waals surface area contributed by atoms with E-state index in [9.17, 15) is 14.4 Å². The van der Waals surface area contributed by atoms with Crippen LogP contribution >= 0.6 is 0 Å². The highest BCUT2D eigenvalue weighted by atomic mass is 16.5. The van der Waals surface area contributed by atoms with Gasteiger partial charge in [-0.05, 0) is 58.0 Å². The molecule has 0 aromatic carbocycles. The molecule has 0 aliphatic carbocycles. The first-order valence-electron chi connectivity index (χ1n) is 10.1. The van der Waals surface area contributed by atoms with Crippen LogP contribution in [-0.4, -0.2) is 50.6 Å². The summed E-state index contributed by atoms with van der Waals surface area (Å²) in [6.45, 7) is 1.73. The average Bonchev–Trinajstić information content (AvgIpc) is 2.66. The lowest BCUT2D eigenvalue weighted by Crippen LogP contribution is -2.47. The molecule has 0 aliphatic rings. The molecule has 0 saturated carbocycles. The van der Waals surface area contributed by atoms with Gasteiger partial charge in [0.25, 0.3) is 0 Å². The van der Waals surface area contributed by atoms with Crippen molar-refractivity contribution in [2.75, 3.05) is 26.7 Å². The van der Waals surface area contributed by atoms with E-state index in [4.69, 9.17) is 11.5 Å². The Morgan fingerprint density at radius 3 is 2.15 bits per heavy atom. The first kappa shape index (κ1) is 25.3. The maximum atomic E-state index is 12.4. The molecule has 6 N–H and O–H groups in total. The van der Waals surface area contributed by atoms with Crippen LogP contribution in [0, 0.1) is 0 Å². The molecule has 0 aromatic heterocycles. The Morgan fingerprint density at radius 1 is 0.852 bits per heavy atom. The summed E-state index contributed by atoms with van der Waals surface area (Å²) in [5.41, 5.74) is 11.0. The lowest BCUT2D eigenvalue weighted by molar-refractivity contribution is -0.140. The van der Waals surface area contributed by atoms with Gasteiger partial charge < -0.3 is 26.8 Å². The van der Waals surface area contributed by atoms with Crippen LogP contribution in [0.2, 0.25) is 0 Å². The van der Waals surface area contributed by atoms with Gasteiger partial charge in [-0.15, -0.1) is 0 Å². The zero-order valence-corrected chi connectivity index (χ0v) is 16.8. The van der Waals surface area contributed by atoms with Gasteiger partial charge in [0.05, 0.1) is 7.11 Å². The second-order valence-electron chi connectivity index (χ2n) is 6.68. The minimum Gasteiger partial charge on any atom is -0.469 e. The molecular formula is C19H38N4O4. The van der Waals surface area contributed by atoms with Gasteiger partial charge in [0.1, 0.15) is 6.04 Å². The molecule has 0 rings (SSSR count). The van der Waals surface area contributed by atoms with Gasteiger partial charge in [-0.2, -0.15) is 0 Å². The zero-order valence-electron chi connectivity index (χ0n) is 16.8. The van der Waals surface area contributed by atoms with Crippen molar-refractivity contribution in [1.29, 1.82) is 0 Å². The molecule has 0 bridgehead atoms. The molecule has 1 atom stereocenters. The van der Waals surface area contributed by atoms with Crippen LogP contribution in [0.4, 0.5) is 0 Å². The molecule has 0 aromatic rings. The minimum atomic E-state index is -0.520. The number of methoxy groups -OCH3 is 1. The molecule has 0 fully saturated rings. The summed E-state index contributed by atoms with van der Waals surface area (Å²) < 4.78 is 4.59. The third-order valence-electron chi connectivity index (χ3n) is 4.29. The minimum absolute atomic E-state index is 0.0991. The summed E-state index contributed by atoms with van der Waals surface area (Å²) in [5.74, 6) is -0.471. The smallest absolute Gasteiger partial charge is 0.305 e. The normalized spacial score (nSPS) is 11.7. The Hall–Kier alpha value is -1.67. The van der Waals surface area contributed by atoms with E-state index in [1.54, 1.807) is 0 Å². The summed E-state index contributed by atoms with van der Waals surface area (Å²) in [5, 5.41) is 5.72. The zero-order chi connectivity index (χ0) is 20.3. The molecular weight excluding hydrogens is 348 g/mol. The maximum absolute atomic E-state index is 12.4. The molecule has 0 radical (unpaired) electrons. The fourth-order valence-corrected chi connectivity index (χ4v) is 2.64. The number of amides is 2. The second-order valence-corrected chi connectivity index (χ2v) is 6.68. The molecule has 2 amide bonds. The monoisotopic (exact) mass is 386 g/mol. The van der Waals surface area contributed by atoms with Crippen LogP contribution in [0.15, 0.2) is 0 Å². The summed E-state index contributed by atoms with van der Waals surface area (Å²) in [6.07, 6.45) is 7.96. The van der Waals surface area contributed by atoms with Crippen LogP contribution in [0.25, 0.3) is 0 Å². The number of carbonyl (C=O) groups excluding carboxylic acids is 3. The maximum Gasteiger partial charge on any atom is 0.305 e. The lowest BCUT2D eigenvalue weighted by atomic mass is 10.1. The van der Waals surface area contributed by atoms with E-state index >= 15 is 0 Å². The van der Waals surface area contributed by atoms with E-state index in [1.807, 2.05) is 0 Å². The third kappa shape index (κ3) is 15.1. The van der Waals surface area contributed by atoms with Gasteiger partial charge in [-0.1, -0.05) is 12.8 Å². The van der Waals surface area contributed by atoms with Crippen LogP contribution in [-0.2, 0) is 19.1 Å². The highest BCUT2D eigenvalue weighted by Gasteiger charge is 2.19. The van der Waals surface area contributed by atoms with Gasteiger partial charge in [0.2, 0.25) is 11.8 Å². The highest BCUT2D eigenvalue weighted by molar-refractivity contribution is 5.87. The number of carbonyl (C=O) groups is 3. The van der Waals surface area contributed by atoms with Crippen LogP contribution < -0.4 is 22.1 Å². The number of nitrogens with two attached hydrogens (primary N) is 2. The molecule has 8 heteroatoms. The van der Waals surface area contributed by atoms with Crippen molar-refractivity contribution in [3.63, 3.8) is 0 Å². The standard InChI is InChI=1S/C19H38N4O4/c1-27-18(25)12-5-3-9-15-22-19(26)16(10-6-8-14-21)23-17(24)11-4-2-7-13-20/h16H,2-15,20-21H2,1H3,(H,22,26)(H,23,24)/t16-/m0/s1. The molecule has 0 saturated heterocycles. The molecule has 0 aliphatic heterocycles. The van der Waals surface area contributed by atoms with Crippen molar-refractivity contribution in [2.45, 2.75) is 76.7 Å². The predicted octanol–water partition coefficient (Wildman–Crippen LogP) is 0.969. The van der Waals surface area contributed by atoms with Crippen LogP contribution in [0.1, 0.15) is 70.6 Å². The quantitative estimate of drug-likeness (QED) is 0.217. The van der Waals surface area contributed by atoms with Gasteiger partial charge in [-0.3, -0.25) is 14.4 Å². The Morgan fingerprint density at radius 2 is 1.48 bits per heavy atom. The summed E-state index contributed by atoms with van der Waals surface area (Å²) in [6, 6.07) is -0.520. The molecule has 0 unspecified atom stereocenters. The largest absolute Gasteiger partial charge is 0.469 e.